The molecule has 0 spiro atoms. The van der Waals surface area contributed by atoms with E-state index in [9.17, 15) is 9.59 Å². The third kappa shape index (κ3) is 4.22. The molecule has 1 aromatic heterocycles. The van der Waals surface area contributed by atoms with Crippen LogP contribution in [0.3, 0.4) is 0 Å². The number of imidazole rings is 1. The van der Waals surface area contributed by atoms with Crippen molar-refractivity contribution in [2.75, 3.05) is 5.32 Å². The quantitative estimate of drug-likeness (QED) is 0.689. The summed E-state index contributed by atoms with van der Waals surface area (Å²) in [6.07, 6.45) is 0. The lowest BCUT2D eigenvalue weighted by molar-refractivity contribution is -0.124. The molecule has 146 valence electrons. The van der Waals surface area contributed by atoms with Gasteiger partial charge in [0.25, 0.3) is 0 Å². The lowest BCUT2D eigenvalue weighted by Crippen LogP contribution is -2.29. The van der Waals surface area contributed by atoms with E-state index in [4.69, 9.17) is 0 Å². The normalized spacial score (nSPS) is 11.0. The van der Waals surface area contributed by atoms with Crippen LogP contribution in [0.4, 0.5) is 5.69 Å². The van der Waals surface area contributed by atoms with Crippen LogP contribution < -0.4 is 10.6 Å². The van der Waals surface area contributed by atoms with E-state index in [1.807, 2.05) is 74.7 Å². The highest BCUT2D eigenvalue weighted by atomic mass is 16.2. The van der Waals surface area contributed by atoms with E-state index < -0.39 is 0 Å². The molecule has 0 bridgehead atoms. The van der Waals surface area contributed by atoms with E-state index >= 15 is 0 Å². The van der Waals surface area contributed by atoms with Crippen LogP contribution in [-0.2, 0) is 22.7 Å². The summed E-state index contributed by atoms with van der Waals surface area (Å²) in [4.78, 5) is 29.3. The van der Waals surface area contributed by atoms with Crippen molar-refractivity contribution in [2.24, 2.45) is 5.92 Å². The van der Waals surface area contributed by atoms with Crippen molar-refractivity contribution in [3.8, 4) is 0 Å². The minimum Gasteiger partial charge on any atom is -0.349 e. The van der Waals surface area contributed by atoms with Gasteiger partial charge in [-0.05, 0) is 43.2 Å². The number of para-hydroxylation sites is 2. The summed E-state index contributed by atoms with van der Waals surface area (Å²) in [7, 11) is 0. The minimum absolute atomic E-state index is 0.0431. The molecule has 6 heteroatoms. The number of benzene rings is 2. The number of amides is 2. The average molecular weight is 378 g/mol. The zero-order chi connectivity index (χ0) is 20.3. The standard InChI is InChI=1S/C22H26N4O2/c1-14(2)22(28)23-12-20-24-18-9-5-6-11-19(18)26(20)13-21(27)25-17-10-7-8-15(3)16(17)4/h5-11,14H,12-13H2,1-4H3,(H,23,28)(H,25,27). The first-order valence-electron chi connectivity index (χ1n) is 9.44. The number of hydrogen-bond acceptors (Lipinski definition) is 3. The lowest BCUT2D eigenvalue weighted by atomic mass is 10.1. The molecule has 0 unspecified atom stereocenters. The Bertz CT molecular complexity index is 1020. The van der Waals surface area contributed by atoms with Crippen LogP contribution in [0.25, 0.3) is 11.0 Å². The summed E-state index contributed by atoms with van der Waals surface area (Å²) < 4.78 is 1.86. The second-order valence-electron chi connectivity index (χ2n) is 7.27. The Hall–Kier alpha value is -3.15. The van der Waals surface area contributed by atoms with Crippen molar-refractivity contribution >= 4 is 28.5 Å². The number of carbonyl (C=O) groups excluding carboxylic acids is 2. The molecular formula is C22H26N4O2. The maximum atomic E-state index is 12.7. The number of nitrogens with one attached hydrogen (secondary N) is 2. The van der Waals surface area contributed by atoms with Gasteiger partial charge in [0.2, 0.25) is 11.8 Å². The molecule has 2 N–H and O–H groups in total. The van der Waals surface area contributed by atoms with E-state index in [0.717, 1.165) is 27.8 Å². The number of fused-ring (bicyclic) bond motifs is 1. The van der Waals surface area contributed by atoms with Crippen LogP contribution in [0.2, 0.25) is 0 Å². The second kappa shape index (κ2) is 8.25. The molecule has 0 aliphatic carbocycles. The van der Waals surface area contributed by atoms with E-state index in [0.29, 0.717) is 5.82 Å². The molecular weight excluding hydrogens is 352 g/mol. The number of hydrogen-bond donors (Lipinski definition) is 2. The molecule has 3 rings (SSSR count). The number of aryl methyl sites for hydroxylation is 1. The van der Waals surface area contributed by atoms with Crippen molar-refractivity contribution in [3.05, 3.63) is 59.4 Å². The fourth-order valence-corrected chi connectivity index (χ4v) is 3.03. The third-order valence-corrected chi connectivity index (χ3v) is 4.86. The number of aromatic nitrogens is 2. The van der Waals surface area contributed by atoms with E-state index in [-0.39, 0.29) is 30.8 Å². The van der Waals surface area contributed by atoms with E-state index in [2.05, 4.69) is 15.6 Å². The SMILES string of the molecule is Cc1cccc(NC(=O)Cn2c(CNC(=O)C(C)C)nc3ccccc32)c1C. The van der Waals surface area contributed by atoms with Gasteiger partial charge in [-0.1, -0.05) is 38.1 Å². The molecule has 0 fully saturated rings. The molecule has 0 aliphatic rings. The Morgan fingerprint density at radius 1 is 1.07 bits per heavy atom. The van der Waals surface area contributed by atoms with Crippen LogP contribution >= 0.6 is 0 Å². The van der Waals surface area contributed by atoms with Gasteiger partial charge in [0.05, 0.1) is 17.6 Å². The number of anilines is 1. The highest BCUT2D eigenvalue weighted by Crippen LogP contribution is 2.19. The molecule has 0 aliphatic heterocycles. The van der Waals surface area contributed by atoms with Gasteiger partial charge in [0.1, 0.15) is 12.4 Å². The zero-order valence-corrected chi connectivity index (χ0v) is 16.7. The predicted molar refractivity (Wildman–Crippen MR) is 111 cm³/mol. The Labute approximate surface area is 165 Å². The van der Waals surface area contributed by atoms with E-state index in [1.165, 1.54) is 0 Å². The highest BCUT2D eigenvalue weighted by Gasteiger charge is 2.16. The van der Waals surface area contributed by atoms with Crippen LogP contribution in [-0.4, -0.2) is 21.4 Å². The van der Waals surface area contributed by atoms with E-state index in [1.54, 1.807) is 0 Å². The molecule has 0 saturated carbocycles. The van der Waals surface area contributed by atoms with Crippen LogP contribution in [0.1, 0.15) is 30.8 Å². The molecule has 1 heterocycles. The maximum Gasteiger partial charge on any atom is 0.244 e. The molecule has 6 nitrogen and oxygen atoms in total. The molecule has 28 heavy (non-hydrogen) atoms. The van der Waals surface area contributed by atoms with Gasteiger partial charge in [-0.25, -0.2) is 4.98 Å². The van der Waals surface area contributed by atoms with Crippen molar-refractivity contribution in [3.63, 3.8) is 0 Å². The monoisotopic (exact) mass is 378 g/mol. The minimum atomic E-state index is -0.131. The van der Waals surface area contributed by atoms with Gasteiger partial charge in [-0.3, -0.25) is 9.59 Å². The van der Waals surface area contributed by atoms with Crippen LogP contribution in [0, 0.1) is 19.8 Å². The summed E-state index contributed by atoms with van der Waals surface area (Å²) in [6.45, 7) is 8.10. The first kappa shape index (κ1) is 19.6. The van der Waals surface area contributed by atoms with Crippen molar-refractivity contribution in [1.82, 2.24) is 14.9 Å². The molecule has 3 aromatic rings. The van der Waals surface area contributed by atoms with Gasteiger partial charge in [0.15, 0.2) is 0 Å². The number of rotatable bonds is 6. The fraction of sp³-hybridized carbons (Fsp3) is 0.318. The second-order valence-corrected chi connectivity index (χ2v) is 7.27. The summed E-state index contributed by atoms with van der Waals surface area (Å²) in [5.41, 5.74) is 4.66. The number of carbonyl (C=O) groups is 2. The van der Waals surface area contributed by atoms with Gasteiger partial charge in [-0.15, -0.1) is 0 Å². The summed E-state index contributed by atoms with van der Waals surface area (Å²) in [6, 6.07) is 13.5. The highest BCUT2D eigenvalue weighted by molar-refractivity contribution is 5.92. The lowest BCUT2D eigenvalue weighted by Gasteiger charge is -2.13. The van der Waals surface area contributed by atoms with Gasteiger partial charge in [0, 0.05) is 11.6 Å². The number of nitrogens with zero attached hydrogens (tertiary/aromatic N) is 2. The smallest absolute Gasteiger partial charge is 0.244 e. The average Bonchev–Trinajstić information content (AvgIpc) is 3.01. The van der Waals surface area contributed by atoms with Crippen molar-refractivity contribution in [1.29, 1.82) is 0 Å². The largest absolute Gasteiger partial charge is 0.349 e. The summed E-state index contributed by atoms with van der Waals surface area (Å²) in [5, 5.41) is 5.87. The Morgan fingerprint density at radius 2 is 1.82 bits per heavy atom. The maximum absolute atomic E-state index is 12.7. The van der Waals surface area contributed by atoms with Crippen LogP contribution in [0.15, 0.2) is 42.5 Å². The molecule has 2 aromatic carbocycles. The van der Waals surface area contributed by atoms with Crippen molar-refractivity contribution in [2.45, 2.75) is 40.8 Å². The van der Waals surface area contributed by atoms with Gasteiger partial charge in [-0.2, -0.15) is 0 Å². The predicted octanol–water partition coefficient (Wildman–Crippen LogP) is 3.56. The zero-order valence-electron chi connectivity index (χ0n) is 16.7. The molecule has 0 saturated heterocycles. The van der Waals surface area contributed by atoms with Crippen molar-refractivity contribution < 1.29 is 9.59 Å². The Balaban J connectivity index is 1.84. The molecule has 0 atom stereocenters. The molecule has 0 radical (unpaired) electrons. The Kier molecular flexibility index (Phi) is 5.78. The Morgan fingerprint density at radius 3 is 2.57 bits per heavy atom. The molecule has 2 amide bonds. The summed E-state index contributed by atoms with van der Waals surface area (Å²) >= 11 is 0. The van der Waals surface area contributed by atoms with Crippen LogP contribution in [0.5, 0.6) is 0 Å². The fourth-order valence-electron chi connectivity index (χ4n) is 3.03. The van der Waals surface area contributed by atoms with Gasteiger partial charge < -0.3 is 15.2 Å². The first-order valence-corrected chi connectivity index (χ1v) is 9.44. The topological polar surface area (TPSA) is 76.0 Å². The first-order chi connectivity index (χ1) is 13.4. The summed E-state index contributed by atoms with van der Waals surface area (Å²) in [5.74, 6) is 0.378. The van der Waals surface area contributed by atoms with Gasteiger partial charge >= 0.3 is 0 Å². The third-order valence-electron chi connectivity index (χ3n) is 4.86.